The van der Waals surface area contributed by atoms with Crippen LogP contribution in [0.15, 0.2) is 54.2 Å². The fourth-order valence-electron chi connectivity index (χ4n) is 3.61. The first-order chi connectivity index (χ1) is 14.6. The molecule has 0 bridgehead atoms. The standard InChI is InChI=1S/C24H28N4OS/c1-4-29-23-9-12-25-15-21(23)26-24-27-22(16-30-24)20-7-5-18(6-8-20)19-10-13-28(14-11-19)17(2)3/h5-10,12,15-17H,4,11,13-14H2,1-3H3,(H,26,27). The van der Waals surface area contributed by atoms with Gasteiger partial charge < -0.3 is 10.1 Å². The van der Waals surface area contributed by atoms with Gasteiger partial charge in [0.25, 0.3) is 0 Å². The maximum atomic E-state index is 5.66. The molecular weight excluding hydrogens is 392 g/mol. The Labute approximate surface area is 182 Å². The molecule has 1 N–H and O–H groups in total. The maximum Gasteiger partial charge on any atom is 0.187 e. The van der Waals surface area contributed by atoms with Crippen molar-refractivity contribution in [2.75, 3.05) is 25.0 Å². The number of hydrogen-bond donors (Lipinski definition) is 1. The van der Waals surface area contributed by atoms with E-state index in [2.05, 4.69) is 64.8 Å². The minimum atomic E-state index is 0.605. The quantitative estimate of drug-likeness (QED) is 0.520. The first kappa shape index (κ1) is 20.6. The number of anilines is 2. The van der Waals surface area contributed by atoms with Crippen molar-refractivity contribution in [1.82, 2.24) is 14.9 Å². The van der Waals surface area contributed by atoms with Crippen molar-refractivity contribution >= 4 is 27.7 Å². The summed E-state index contributed by atoms with van der Waals surface area (Å²) in [5, 5.41) is 6.23. The Bertz CT molecular complexity index is 1010. The normalized spacial score (nSPS) is 14.6. The fourth-order valence-corrected chi connectivity index (χ4v) is 4.34. The topological polar surface area (TPSA) is 50.3 Å². The van der Waals surface area contributed by atoms with Crippen LogP contribution in [-0.4, -0.2) is 40.6 Å². The Hall–Kier alpha value is -2.70. The molecule has 0 saturated carbocycles. The Morgan fingerprint density at radius 3 is 2.67 bits per heavy atom. The Kier molecular flexibility index (Phi) is 6.45. The van der Waals surface area contributed by atoms with Gasteiger partial charge in [-0.15, -0.1) is 11.3 Å². The van der Waals surface area contributed by atoms with Gasteiger partial charge in [0.2, 0.25) is 0 Å². The van der Waals surface area contributed by atoms with Crippen molar-refractivity contribution in [3.63, 3.8) is 0 Å². The van der Waals surface area contributed by atoms with Crippen LogP contribution in [0.3, 0.4) is 0 Å². The van der Waals surface area contributed by atoms with E-state index in [-0.39, 0.29) is 0 Å². The van der Waals surface area contributed by atoms with Gasteiger partial charge in [-0.3, -0.25) is 9.88 Å². The molecule has 5 nitrogen and oxygen atoms in total. The molecule has 6 heteroatoms. The highest BCUT2D eigenvalue weighted by molar-refractivity contribution is 7.14. The molecule has 0 amide bonds. The number of thiazole rings is 1. The van der Waals surface area contributed by atoms with Crippen LogP contribution in [0.1, 0.15) is 32.8 Å². The van der Waals surface area contributed by atoms with Crippen molar-refractivity contribution in [3.8, 4) is 17.0 Å². The van der Waals surface area contributed by atoms with Crippen LogP contribution in [0.2, 0.25) is 0 Å². The van der Waals surface area contributed by atoms with Crippen molar-refractivity contribution in [1.29, 1.82) is 0 Å². The third-order valence-electron chi connectivity index (χ3n) is 5.35. The lowest BCUT2D eigenvalue weighted by Gasteiger charge is -2.29. The lowest BCUT2D eigenvalue weighted by Crippen LogP contribution is -2.34. The molecule has 0 saturated heterocycles. The second-order valence-electron chi connectivity index (χ2n) is 7.61. The molecule has 156 valence electrons. The Morgan fingerprint density at radius 2 is 1.97 bits per heavy atom. The van der Waals surface area contributed by atoms with Gasteiger partial charge in [0, 0.05) is 42.3 Å². The average Bonchev–Trinajstić information content (AvgIpc) is 3.24. The van der Waals surface area contributed by atoms with Crippen LogP contribution < -0.4 is 10.1 Å². The zero-order chi connectivity index (χ0) is 20.9. The van der Waals surface area contributed by atoms with Crippen molar-refractivity contribution in [3.05, 3.63) is 59.7 Å². The average molecular weight is 421 g/mol. The smallest absolute Gasteiger partial charge is 0.187 e. The summed E-state index contributed by atoms with van der Waals surface area (Å²) in [6, 6.07) is 11.2. The number of aromatic nitrogens is 2. The van der Waals surface area contributed by atoms with E-state index >= 15 is 0 Å². The molecule has 1 aliphatic heterocycles. The Balaban J connectivity index is 1.46. The lowest BCUT2D eigenvalue weighted by atomic mass is 9.97. The molecule has 1 aliphatic rings. The van der Waals surface area contributed by atoms with Gasteiger partial charge >= 0.3 is 0 Å². The number of ether oxygens (including phenoxy) is 1. The summed E-state index contributed by atoms with van der Waals surface area (Å²) < 4.78 is 5.66. The molecule has 3 aromatic rings. The first-order valence-electron chi connectivity index (χ1n) is 10.5. The van der Waals surface area contributed by atoms with Crippen LogP contribution in [0, 0.1) is 0 Å². The highest BCUT2D eigenvalue weighted by Crippen LogP contribution is 2.32. The third-order valence-corrected chi connectivity index (χ3v) is 6.11. The van der Waals surface area contributed by atoms with Crippen molar-refractivity contribution in [2.45, 2.75) is 33.2 Å². The molecule has 30 heavy (non-hydrogen) atoms. The zero-order valence-electron chi connectivity index (χ0n) is 17.8. The second-order valence-corrected chi connectivity index (χ2v) is 8.47. The van der Waals surface area contributed by atoms with Gasteiger partial charge in [0.15, 0.2) is 5.13 Å². The molecule has 1 aromatic carbocycles. The van der Waals surface area contributed by atoms with E-state index in [1.807, 2.05) is 13.0 Å². The molecule has 0 radical (unpaired) electrons. The van der Waals surface area contributed by atoms with E-state index in [0.717, 1.165) is 47.3 Å². The molecule has 0 aliphatic carbocycles. The molecule has 2 aromatic heterocycles. The molecule has 0 atom stereocenters. The molecule has 0 fully saturated rings. The van der Waals surface area contributed by atoms with Gasteiger partial charge in [-0.1, -0.05) is 30.3 Å². The number of pyridine rings is 1. The van der Waals surface area contributed by atoms with Gasteiger partial charge in [-0.05, 0) is 38.3 Å². The second kappa shape index (κ2) is 9.41. The summed E-state index contributed by atoms with van der Waals surface area (Å²) in [7, 11) is 0. The van der Waals surface area contributed by atoms with Gasteiger partial charge in [0.1, 0.15) is 11.4 Å². The SMILES string of the molecule is CCOc1ccncc1Nc1nc(-c2ccc(C3=CCN(C(C)C)CC3)cc2)cs1. The summed E-state index contributed by atoms with van der Waals surface area (Å²) >= 11 is 1.58. The monoisotopic (exact) mass is 420 g/mol. The fraction of sp³-hybridized carbons (Fsp3) is 0.333. The van der Waals surface area contributed by atoms with Gasteiger partial charge in [0.05, 0.1) is 18.5 Å². The van der Waals surface area contributed by atoms with Crippen molar-refractivity contribution < 1.29 is 4.74 Å². The predicted molar refractivity (Wildman–Crippen MR) is 126 cm³/mol. The largest absolute Gasteiger partial charge is 0.492 e. The highest BCUT2D eigenvalue weighted by atomic mass is 32.1. The third kappa shape index (κ3) is 4.71. The molecule has 0 spiro atoms. The van der Waals surface area contributed by atoms with Gasteiger partial charge in [-0.2, -0.15) is 0 Å². The molecule has 4 rings (SSSR count). The summed E-state index contributed by atoms with van der Waals surface area (Å²) in [5.74, 6) is 0.783. The minimum Gasteiger partial charge on any atom is -0.492 e. The van der Waals surface area contributed by atoms with Crippen LogP contribution >= 0.6 is 11.3 Å². The number of nitrogens with one attached hydrogen (secondary N) is 1. The summed E-state index contributed by atoms with van der Waals surface area (Å²) in [4.78, 5) is 11.4. The molecule has 0 unspecified atom stereocenters. The van der Waals surface area contributed by atoms with Crippen LogP contribution in [0.25, 0.3) is 16.8 Å². The van der Waals surface area contributed by atoms with Crippen LogP contribution in [-0.2, 0) is 0 Å². The van der Waals surface area contributed by atoms with E-state index < -0.39 is 0 Å². The van der Waals surface area contributed by atoms with E-state index in [9.17, 15) is 0 Å². The summed E-state index contributed by atoms with van der Waals surface area (Å²) in [5.41, 5.74) is 5.68. The number of benzene rings is 1. The van der Waals surface area contributed by atoms with E-state index in [1.54, 1.807) is 23.7 Å². The van der Waals surface area contributed by atoms with E-state index in [0.29, 0.717) is 12.6 Å². The summed E-state index contributed by atoms with van der Waals surface area (Å²) in [6.45, 7) is 9.27. The molecular formula is C24H28N4OS. The number of hydrogen-bond acceptors (Lipinski definition) is 6. The zero-order valence-corrected chi connectivity index (χ0v) is 18.6. The lowest BCUT2D eigenvalue weighted by molar-refractivity contribution is 0.245. The highest BCUT2D eigenvalue weighted by Gasteiger charge is 2.15. The number of nitrogens with zero attached hydrogens (tertiary/aromatic N) is 3. The maximum absolute atomic E-state index is 5.66. The van der Waals surface area contributed by atoms with Gasteiger partial charge in [-0.25, -0.2) is 4.98 Å². The van der Waals surface area contributed by atoms with Crippen molar-refractivity contribution in [2.24, 2.45) is 0 Å². The van der Waals surface area contributed by atoms with E-state index in [4.69, 9.17) is 9.72 Å². The van der Waals surface area contributed by atoms with Crippen LogP contribution in [0.5, 0.6) is 5.75 Å². The predicted octanol–water partition coefficient (Wildman–Crippen LogP) is 5.84. The number of rotatable bonds is 7. The first-order valence-corrected chi connectivity index (χ1v) is 11.3. The minimum absolute atomic E-state index is 0.605. The molecule has 3 heterocycles. The van der Waals surface area contributed by atoms with E-state index in [1.165, 1.54) is 11.1 Å². The Morgan fingerprint density at radius 1 is 1.17 bits per heavy atom. The van der Waals surface area contributed by atoms with Crippen LogP contribution in [0.4, 0.5) is 10.8 Å². The summed E-state index contributed by atoms with van der Waals surface area (Å²) in [6.07, 6.45) is 6.97.